The van der Waals surface area contributed by atoms with Gasteiger partial charge in [0.05, 0.1) is 23.2 Å². The lowest BCUT2D eigenvalue weighted by atomic mass is 10.3. The molecular formula is C12H13BrO4S. The molecule has 0 saturated heterocycles. The molecule has 0 aliphatic rings. The number of Topliss-reactive ketones (excluding diaryl/α,β-unsaturated/α-hetero) is 1. The molecule has 0 spiro atoms. The Balaban J connectivity index is 2.55. The number of ketones is 1. The topological polar surface area (TPSA) is 60.4 Å². The molecule has 0 aromatic heterocycles. The minimum absolute atomic E-state index is 0.171. The van der Waals surface area contributed by atoms with Crippen LogP contribution in [0.1, 0.15) is 13.3 Å². The molecule has 0 radical (unpaired) electrons. The third-order valence-electron chi connectivity index (χ3n) is 2.00. The molecule has 1 rings (SSSR count). The Labute approximate surface area is 116 Å². The van der Waals surface area contributed by atoms with Gasteiger partial charge in [0.2, 0.25) is 0 Å². The van der Waals surface area contributed by atoms with Crippen molar-refractivity contribution in [3.8, 4) is 0 Å². The molecule has 6 heteroatoms. The number of carbonyl (C=O) groups is 2. The zero-order valence-electron chi connectivity index (χ0n) is 9.85. The molecule has 0 saturated carbocycles. The number of benzene rings is 1. The molecule has 0 fully saturated rings. The second-order valence-corrected chi connectivity index (χ2v) is 5.83. The Hall–Kier alpha value is -1.01. The van der Waals surface area contributed by atoms with Gasteiger partial charge in [0.25, 0.3) is 0 Å². The van der Waals surface area contributed by atoms with Crippen LogP contribution >= 0.6 is 15.9 Å². The van der Waals surface area contributed by atoms with Crippen LogP contribution in [-0.2, 0) is 25.1 Å². The van der Waals surface area contributed by atoms with Gasteiger partial charge >= 0.3 is 5.97 Å². The zero-order chi connectivity index (χ0) is 13.5. The van der Waals surface area contributed by atoms with Crippen LogP contribution in [0.4, 0.5) is 0 Å². The van der Waals surface area contributed by atoms with Gasteiger partial charge in [-0.25, -0.2) is 0 Å². The summed E-state index contributed by atoms with van der Waals surface area (Å²) in [5, 5.41) is 0. The number of esters is 1. The van der Waals surface area contributed by atoms with Crippen molar-refractivity contribution in [3.63, 3.8) is 0 Å². The van der Waals surface area contributed by atoms with E-state index in [0.717, 1.165) is 4.47 Å². The molecule has 98 valence electrons. The molecular weight excluding hydrogens is 320 g/mol. The number of carbonyl (C=O) groups excluding carboxylic acids is 2. The van der Waals surface area contributed by atoms with E-state index >= 15 is 0 Å². The summed E-state index contributed by atoms with van der Waals surface area (Å²) in [6.45, 7) is 1.91. The minimum atomic E-state index is -1.43. The average Bonchev–Trinajstić information content (AvgIpc) is 2.28. The lowest BCUT2D eigenvalue weighted by molar-refractivity contribution is -0.145. The maximum absolute atomic E-state index is 11.9. The highest BCUT2D eigenvalue weighted by molar-refractivity contribution is 9.10. The summed E-state index contributed by atoms with van der Waals surface area (Å²) in [5.74, 6) is -1.13. The number of rotatable bonds is 6. The standard InChI is InChI=1S/C12H13BrO4S/c1-2-17-12(15)7-10(14)8-18(16)11-5-3-4-9(13)6-11/h3-6H,2,7-8H2,1H3. The van der Waals surface area contributed by atoms with Crippen molar-refractivity contribution in [2.75, 3.05) is 12.4 Å². The lowest BCUT2D eigenvalue weighted by Crippen LogP contribution is -2.17. The molecule has 1 aromatic rings. The van der Waals surface area contributed by atoms with E-state index < -0.39 is 16.8 Å². The molecule has 0 heterocycles. The van der Waals surface area contributed by atoms with Crippen molar-refractivity contribution in [2.24, 2.45) is 0 Å². The predicted octanol–water partition coefficient (Wildman–Crippen LogP) is 2.08. The average molecular weight is 333 g/mol. The fourth-order valence-corrected chi connectivity index (χ4v) is 2.86. The molecule has 1 unspecified atom stereocenters. The highest BCUT2D eigenvalue weighted by Crippen LogP contribution is 2.15. The van der Waals surface area contributed by atoms with E-state index in [1.807, 2.05) is 0 Å². The second kappa shape index (κ2) is 7.43. The Morgan fingerprint density at radius 1 is 1.39 bits per heavy atom. The summed E-state index contributed by atoms with van der Waals surface area (Å²) in [7, 11) is -1.43. The summed E-state index contributed by atoms with van der Waals surface area (Å²) < 4.78 is 17.3. The van der Waals surface area contributed by atoms with Crippen LogP contribution in [0.3, 0.4) is 0 Å². The van der Waals surface area contributed by atoms with Crippen LogP contribution in [0.25, 0.3) is 0 Å². The van der Waals surface area contributed by atoms with E-state index in [9.17, 15) is 13.8 Å². The monoisotopic (exact) mass is 332 g/mol. The smallest absolute Gasteiger partial charge is 0.313 e. The van der Waals surface area contributed by atoms with Crippen LogP contribution in [0.2, 0.25) is 0 Å². The molecule has 4 nitrogen and oxygen atoms in total. The number of hydrogen-bond acceptors (Lipinski definition) is 4. The van der Waals surface area contributed by atoms with Gasteiger partial charge < -0.3 is 4.74 Å². The first kappa shape index (κ1) is 15.0. The van der Waals surface area contributed by atoms with Gasteiger partial charge in [-0.2, -0.15) is 0 Å². The van der Waals surface area contributed by atoms with Crippen LogP contribution in [-0.4, -0.2) is 28.3 Å². The summed E-state index contributed by atoms with van der Waals surface area (Å²) in [5.41, 5.74) is 0. The van der Waals surface area contributed by atoms with Gasteiger partial charge in [0.15, 0.2) is 5.78 Å². The maximum Gasteiger partial charge on any atom is 0.313 e. The number of halogens is 1. The van der Waals surface area contributed by atoms with Crippen LogP contribution in [0, 0.1) is 0 Å². The van der Waals surface area contributed by atoms with Crippen molar-refractivity contribution in [1.29, 1.82) is 0 Å². The lowest BCUT2D eigenvalue weighted by Gasteiger charge is -2.03. The highest BCUT2D eigenvalue weighted by atomic mass is 79.9. The van der Waals surface area contributed by atoms with Crippen LogP contribution in [0.5, 0.6) is 0 Å². The minimum Gasteiger partial charge on any atom is -0.466 e. The largest absolute Gasteiger partial charge is 0.466 e. The van der Waals surface area contributed by atoms with E-state index in [1.165, 1.54) is 0 Å². The van der Waals surface area contributed by atoms with Gasteiger partial charge in [0.1, 0.15) is 6.42 Å². The maximum atomic E-state index is 11.9. The fourth-order valence-electron chi connectivity index (χ4n) is 1.26. The summed E-state index contributed by atoms with van der Waals surface area (Å²) in [6.07, 6.45) is -0.326. The Bertz CT molecular complexity index is 473. The van der Waals surface area contributed by atoms with Crippen molar-refractivity contribution in [3.05, 3.63) is 28.7 Å². The van der Waals surface area contributed by atoms with Crippen molar-refractivity contribution >= 4 is 38.5 Å². The van der Waals surface area contributed by atoms with E-state index in [4.69, 9.17) is 0 Å². The summed E-state index contributed by atoms with van der Waals surface area (Å²) in [4.78, 5) is 23.1. The molecule has 0 amide bonds. The third kappa shape index (κ3) is 5.10. The van der Waals surface area contributed by atoms with E-state index in [-0.39, 0.29) is 24.6 Å². The molecule has 18 heavy (non-hydrogen) atoms. The van der Waals surface area contributed by atoms with Crippen molar-refractivity contribution in [1.82, 2.24) is 0 Å². The van der Waals surface area contributed by atoms with Gasteiger partial charge in [-0.15, -0.1) is 0 Å². The number of ether oxygens (including phenoxy) is 1. The first-order valence-electron chi connectivity index (χ1n) is 5.34. The fraction of sp³-hybridized carbons (Fsp3) is 0.333. The summed E-state index contributed by atoms with van der Waals surface area (Å²) in [6, 6.07) is 6.92. The van der Waals surface area contributed by atoms with Gasteiger partial charge in [-0.05, 0) is 25.1 Å². The second-order valence-electron chi connectivity index (χ2n) is 3.47. The Kier molecular flexibility index (Phi) is 6.21. The number of hydrogen-bond donors (Lipinski definition) is 0. The molecule has 0 aliphatic heterocycles. The van der Waals surface area contributed by atoms with Gasteiger partial charge in [-0.3, -0.25) is 13.8 Å². The van der Waals surface area contributed by atoms with E-state index in [0.29, 0.717) is 4.90 Å². The predicted molar refractivity (Wildman–Crippen MR) is 71.7 cm³/mol. The first-order chi connectivity index (χ1) is 8.52. The van der Waals surface area contributed by atoms with Crippen molar-refractivity contribution < 1.29 is 18.5 Å². The Morgan fingerprint density at radius 3 is 2.72 bits per heavy atom. The molecule has 0 N–H and O–H groups in total. The summed E-state index contributed by atoms with van der Waals surface area (Å²) >= 11 is 3.26. The normalized spacial score (nSPS) is 11.9. The van der Waals surface area contributed by atoms with Gasteiger partial charge in [-0.1, -0.05) is 22.0 Å². The SMILES string of the molecule is CCOC(=O)CC(=O)CS(=O)c1cccc(Br)c1. The highest BCUT2D eigenvalue weighted by Gasteiger charge is 2.14. The molecule has 0 aliphatic carbocycles. The van der Waals surface area contributed by atoms with Crippen LogP contribution < -0.4 is 0 Å². The van der Waals surface area contributed by atoms with Crippen LogP contribution in [0.15, 0.2) is 33.6 Å². The zero-order valence-corrected chi connectivity index (χ0v) is 12.3. The quantitative estimate of drug-likeness (QED) is 0.591. The van der Waals surface area contributed by atoms with E-state index in [2.05, 4.69) is 20.7 Å². The first-order valence-corrected chi connectivity index (χ1v) is 7.45. The van der Waals surface area contributed by atoms with Crippen molar-refractivity contribution in [2.45, 2.75) is 18.2 Å². The molecule has 1 aromatic carbocycles. The Morgan fingerprint density at radius 2 is 2.11 bits per heavy atom. The third-order valence-corrected chi connectivity index (χ3v) is 3.86. The molecule has 0 bridgehead atoms. The molecule has 1 atom stereocenters. The van der Waals surface area contributed by atoms with E-state index in [1.54, 1.807) is 31.2 Å². The van der Waals surface area contributed by atoms with Gasteiger partial charge in [0, 0.05) is 9.37 Å².